The average Bonchev–Trinajstić information content (AvgIpc) is 3.25. The van der Waals surface area contributed by atoms with E-state index in [0.29, 0.717) is 0 Å². The van der Waals surface area contributed by atoms with Gasteiger partial charge in [-0.15, -0.1) is 11.3 Å². The van der Waals surface area contributed by atoms with Gasteiger partial charge in [-0.3, -0.25) is 9.59 Å². The molecule has 1 heterocycles. The Morgan fingerprint density at radius 2 is 1.77 bits per heavy atom. The molecular formula is C22H18F3NO3S. The van der Waals surface area contributed by atoms with E-state index < -0.39 is 30.2 Å². The molecule has 3 aromatic rings. The number of alkyl halides is 3. The van der Waals surface area contributed by atoms with Crippen molar-refractivity contribution in [2.75, 3.05) is 6.61 Å². The lowest BCUT2D eigenvalue weighted by Crippen LogP contribution is -2.32. The number of thiophene rings is 1. The van der Waals surface area contributed by atoms with E-state index >= 15 is 0 Å². The SMILES string of the molecule is O=C(COC(=O)Cc1cccc(C(F)(F)F)c1)NC(c1ccccc1)c1cccs1. The lowest BCUT2D eigenvalue weighted by Gasteiger charge is -2.18. The van der Waals surface area contributed by atoms with E-state index in [1.54, 1.807) is 0 Å². The maximum Gasteiger partial charge on any atom is 0.416 e. The van der Waals surface area contributed by atoms with Gasteiger partial charge in [0.05, 0.1) is 18.0 Å². The summed E-state index contributed by atoms with van der Waals surface area (Å²) in [6.45, 7) is -0.521. The molecule has 0 radical (unpaired) electrons. The minimum atomic E-state index is -4.49. The number of rotatable bonds is 7. The van der Waals surface area contributed by atoms with Crippen LogP contribution in [0.5, 0.6) is 0 Å². The molecule has 0 aliphatic carbocycles. The second kappa shape index (κ2) is 9.58. The summed E-state index contributed by atoms with van der Waals surface area (Å²) in [5, 5.41) is 4.72. The monoisotopic (exact) mass is 433 g/mol. The summed E-state index contributed by atoms with van der Waals surface area (Å²) in [6, 6.07) is 17.2. The van der Waals surface area contributed by atoms with Crippen LogP contribution < -0.4 is 5.32 Å². The first-order valence-corrected chi connectivity index (χ1v) is 9.90. The van der Waals surface area contributed by atoms with E-state index in [4.69, 9.17) is 4.74 Å². The summed E-state index contributed by atoms with van der Waals surface area (Å²) < 4.78 is 43.3. The minimum absolute atomic E-state index is 0.163. The maximum atomic E-state index is 12.8. The third kappa shape index (κ3) is 5.93. The molecule has 1 atom stereocenters. The van der Waals surface area contributed by atoms with Gasteiger partial charge in [0, 0.05) is 4.88 Å². The molecule has 0 aliphatic rings. The highest BCUT2D eigenvalue weighted by atomic mass is 32.1. The molecule has 156 valence electrons. The van der Waals surface area contributed by atoms with Crippen LogP contribution in [0.15, 0.2) is 72.1 Å². The van der Waals surface area contributed by atoms with Crippen molar-refractivity contribution < 1.29 is 27.5 Å². The van der Waals surface area contributed by atoms with E-state index in [0.717, 1.165) is 22.6 Å². The first-order chi connectivity index (χ1) is 14.3. The Bertz CT molecular complexity index is 988. The highest BCUT2D eigenvalue weighted by Gasteiger charge is 2.30. The number of amides is 1. The smallest absolute Gasteiger partial charge is 0.416 e. The van der Waals surface area contributed by atoms with Crippen molar-refractivity contribution >= 4 is 23.2 Å². The van der Waals surface area contributed by atoms with Gasteiger partial charge in [0.25, 0.3) is 5.91 Å². The fourth-order valence-corrected chi connectivity index (χ4v) is 3.65. The minimum Gasteiger partial charge on any atom is -0.455 e. The molecule has 1 unspecified atom stereocenters. The first-order valence-electron chi connectivity index (χ1n) is 9.02. The molecule has 0 saturated carbocycles. The van der Waals surface area contributed by atoms with E-state index in [2.05, 4.69) is 5.32 Å². The van der Waals surface area contributed by atoms with Crippen LogP contribution in [-0.2, 0) is 26.9 Å². The number of carbonyl (C=O) groups excluding carboxylic acids is 2. The van der Waals surface area contributed by atoms with Crippen LogP contribution in [0.1, 0.15) is 27.6 Å². The molecule has 4 nitrogen and oxygen atoms in total. The zero-order valence-corrected chi connectivity index (χ0v) is 16.5. The van der Waals surface area contributed by atoms with Gasteiger partial charge < -0.3 is 10.1 Å². The van der Waals surface area contributed by atoms with Crippen molar-refractivity contribution in [1.29, 1.82) is 0 Å². The lowest BCUT2D eigenvalue weighted by molar-refractivity contribution is -0.148. The van der Waals surface area contributed by atoms with Gasteiger partial charge in [0.1, 0.15) is 0 Å². The van der Waals surface area contributed by atoms with Crippen molar-refractivity contribution in [2.24, 2.45) is 0 Å². The summed E-state index contributed by atoms with van der Waals surface area (Å²) in [6.07, 6.45) is -4.85. The standard InChI is InChI=1S/C22H18F3NO3S/c23-22(24,25)17-9-4-6-15(12-17)13-20(28)29-14-19(27)26-21(18-10-5-11-30-18)16-7-2-1-3-8-16/h1-12,21H,13-14H2,(H,26,27). The molecule has 2 aromatic carbocycles. The Labute approximate surface area is 175 Å². The van der Waals surface area contributed by atoms with Crippen LogP contribution >= 0.6 is 11.3 Å². The molecule has 0 saturated heterocycles. The zero-order valence-electron chi connectivity index (χ0n) is 15.7. The number of benzene rings is 2. The van der Waals surface area contributed by atoms with Gasteiger partial charge in [-0.2, -0.15) is 13.2 Å². The second-order valence-electron chi connectivity index (χ2n) is 6.46. The molecule has 1 amide bonds. The summed E-state index contributed by atoms with van der Waals surface area (Å²) in [5.74, 6) is -1.29. The molecule has 1 aromatic heterocycles. The van der Waals surface area contributed by atoms with Gasteiger partial charge >= 0.3 is 12.1 Å². The summed E-state index contributed by atoms with van der Waals surface area (Å²) >= 11 is 1.48. The molecule has 0 bridgehead atoms. The van der Waals surface area contributed by atoms with Gasteiger partial charge in [-0.05, 0) is 28.6 Å². The number of carbonyl (C=O) groups is 2. The van der Waals surface area contributed by atoms with E-state index in [1.807, 2.05) is 47.8 Å². The Balaban J connectivity index is 1.57. The number of esters is 1. The predicted molar refractivity (Wildman–Crippen MR) is 107 cm³/mol. The van der Waals surface area contributed by atoms with E-state index in [-0.39, 0.29) is 18.0 Å². The molecule has 0 spiro atoms. The van der Waals surface area contributed by atoms with Gasteiger partial charge in [-0.1, -0.05) is 54.6 Å². The van der Waals surface area contributed by atoms with Crippen molar-refractivity contribution in [3.05, 3.63) is 93.7 Å². The number of ether oxygens (including phenoxy) is 1. The van der Waals surface area contributed by atoms with Crippen LogP contribution in [0, 0.1) is 0 Å². The Morgan fingerprint density at radius 1 is 1.00 bits per heavy atom. The van der Waals surface area contributed by atoms with Crippen molar-refractivity contribution in [2.45, 2.75) is 18.6 Å². The molecule has 0 aliphatic heterocycles. The van der Waals surface area contributed by atoms with Crippen molar-refractivity contribution in [1.82, 2.24) is 5.32 Å². The predicted octanol–water partition coefficient (Wildman–Crippen LogP) is 4.76. The van der Waals surface area contributed by atoms with E-state index in [1.165, 1.54) is 23.5 Å². The van der Waals surface area contributed by atoms with Crippen molar-refractivity contribution in [3.8, 4) is 0 Å². The van der Waals surface area contributed by atoms with Crippen LogP contribution in [0.2, 0.25) is 0 Å². The largest absolute Gasteiger partial charge is 0.455 e. The third-order valence-electron chi connectivity index (χ3n) is 4.23. The Kier molecular flexibility index (Phi) is 6.89. The van der Waals surface area contributed by atoms with Crippen LogP contribution in [-0.4, -0.2) is 18.5 Å². The molecule has 0 fully saturated rings. The van der Waals surface area contributed by atoms with Gasteiger partial charge in [-0.25, -0.2) is 0 Å². The Morgan fingerprint density at radius 3 is 2.43 bits per heavy atom. The normalized spacial score (nSPS) is 12.2. The third-order valence-corrected chi connectivity index (χ3v) is 5.17. The molecule has 8 heteroatoms. The highest BCUT2D eigenvalue weighted by molar-refractivity contribution is 7.10. The molecule has 1 N–H and O–H groups in total. The summed E-state index contributed by atoms with van der Waals surface area (Å²) in [5.41, 5.74) is 0.201. The zero-order chi connectivity index (χ0) is 21.6. The van der Waals surface area contributed by atoms with Crippen LogP contribution in [0.4, 0.5) is 13.2 Å². The number of nitrogens with one attached hydrogen (secondary N) is 1. The topological polar surface area (TPSA) is 55.4 Å². The summed E-state index contributed by atoms with van der Waals surface area (Å²) in [4.78, 5) is 25.2. The molecular weight excluding hydrogens is 415 g/mol. The van der Waals surface area contributed by atoms with Crippen LogP contribution in [0.3, 0.4) is 0 Å². The molecule has 30 heavy (non-hydrogen) atoms. The number of halogens is 3. The summed E-state index contributed by atoms with van der Waals surface area (Å²) in [7, 11) is 0. The van der Waals surface area contributed by atoms with Gasteiger partial charge in [0.2, 0.25) is 0 Å². The van der Waals surface area contributed by atoms with Crippen molar-refractivity contribution in [3.63, 3.8) is 0 Å². The fourth-order valence-electron chi connectivity index (χ4n) is 2.84. The van der Waals surface area contributed by atoms with Crippen LogP contribution in [0.25, 0.3) is 0 Å². The number of hydrogen-bond donors (Lipinski definition) is 1. The highest BCUT2D eigenvalue weighted by Crippen LogP contribution is 2.29. The van der Waals surface area contributed by atoms with Gasteiger partial charge in [0.15, 0.2) is 6.61 Å². The first kappa shape index (κ1) is 21.6. The number of hydrogen-bond acceptors (Lipinski definition) is 4. The Hall–Kier alpha value is -3.13. The fraction of sp³-hybridized carbons (Fsp3) is 0.182. The lowest BCUT2D eigenvalue weighted by atomic mass is 10.1. The maximum absolute atomic E-state index is 12.8. The second-order valence-corrected chi connectivity index (χ2v) is 7.44. The molecule has 3 rings (SSSR count). The van der Waals surface area contributed by atoms with E-state index in [9.17, 15) is 22.8 Å². The average molecular weight is 433 g/mol. The quantitative estimate of drug-likeness (QED) is 0.547.